The number of carboxylic acid groups (broad SMARTS) is 1. The van der Waals surface area contributed by atoms with Crippen LogP contribution in [-0.2, 0) is 4.79 Å². The highest BCUT2D eigenvalue weighted by Crippen LogP contribution is 2.34. The fourth-order valence-electron chi connectivity index (χ4n) is 4.38. The zero-order valence-corrected chi connectivity index (χ0v) is 21.9. The van der Waals surface area contributed by atoms with Crippen molar-refractivity contribution in [2.24, 2.45) is 0 Å². The van der Waals surface area contributed by atoms with E-state index in [1.54, 1.807) is 66.7 Å². The topological polar surface area (TPSA) is 114 Å². The average Bonchev–Trinajstić information content (AvgIpc) is 2.95. The van der Waals surface area contributed by atoms with E-state index in [4.69, 9.17) is 9.47 Å². The first kappa shape index (κ1) is 26.1. The fourth-order valence-corrected chi connectivity index (χ4v) is 5.40. The van der Waals surface area contributed by atoms with Crippen LogP contribution in [0.2, 0.25) is 0 Å². The van der Waals surface area contributed by atoms with Gasteiger partial charge in [0.05, 0.1) is 10.8 Å². The molecule has 8 nitrogen and oxygen atoms in total. The largest absolute Gasteiger partial charge is 0.486 e. The first-order valence-electron chi connectivity index (χ1n) is 12.5. The van der Waals surface area contributed by atoms with E-state index in [9.17, 15) is 19.5 Å². The lowest BCUT2D eigenvalue weighted by Gasteiger charge is -2.20. The van der Waals surface area contributed by atoms with Gasteiger partial charge in [0, 0.05) is 33.3 Å². The molecular weight excluding hydrogens is 516 g/mol. The lowest BCUT2D eigenvalue weighted by Crippen LogP contribution is -2.24. The molecule has 1 atom stereocenters. The monoisotopic (exact) mass is 542 g/mol. The second-order valence-corrected chi connectivity index (χ2v) is 10.1. The van der Waals surface area contributed by atoms with Crippen LogP contribution < -0.4 is 20.1 Å². The van der Waals surface area contributed by atoms with Gasteiger partial charge in [0.1, 0.15) is 13.2 Å². The molecule has 1 aliphatic rings. The predicted molar refractivity (Wildman–Crippen MR) is 151 cm³/mol. The third-order valence-electron chi connectivity index (χ3n) is 6.22. The standard InChI is InChI=1S/C30H26N2O6S/c1-2-26(29(34)32-20-12-13-24-25(17-20)38-15-14-37-24)39-21-9-5-8-19(16-21)31-28(33)22-10-3-6-18-7-4-11-23(27(18)22)30(35)36/h3-13,16-17,26H,2,14-15H2,1H3,(H,31,33)(H,32,34)(H,35,36). The molecule has 1 unspecified atom stereocenters. The number of carboxylic acids is 1. The molecule has 0 bridgehead atoms. The maximum absolute atomic E-state index is 13.2. The number of aromatic carboxylic acids is 1. The SMILES string of the molecule is CCC(Sc1cccc(NC(=O)c2cccc3cccc(C(=O)O)c23)c1)C(=O)Nc1ccc2c(c1)OCCO2. The number of rotatable bonds is 8. The Balaban J connectivity index is 1.30. The van der Waals surface area contributed by atoms with Crippen LogP contribution >= 0.6 is 11.8 Å². The third-order valence-corrected chi connectivity index (χ3v) is 7.58. The number of nitrogens with one attached hydrogen (secondary N) is 2. The van der Waals surface area contributed by atoms with Crippen molar-refractivity contribution in [3.63, 3.8) is 0 Å². The smallest absolute Gasteiger partial charge is 0.336 e. The molecule has 1 aliphatic heterocycles. The Morgan fingerprint density at radius 3 is 2.28 bits per heavy atom. The zero-order valence-electron chi connectivity index (χ0n) is 21.1. The second-order valence-electron chi connectivity index (χ2n) is 8.86. The molecule has 9 heteroatoms. The van der Waals surface area contributed by atoms with Gasteiger partial charge in [-0.2, -0.15) is 0 Å². The van der Waals surface area contributed by atoms with Crippen molar-refractivity contribution in [2.75, 3.05) is 23.8 Å². The summed E-state index contributed by atoms with van der Waals surface area (Å²) in [5.74, 6) is -0.406. The molecule has 198 valence electrons. The normalized spacial score (nSPS) is 12.9. The van der Waals surface area contributed by atoms with Gasteiger partial charge in [0.2, 0.25) is 5.91 Å². The van der Waals surface area contributed by atoms with Crippen molar-refractivity contribution >= 4 is 51.7 Å². The first-order valence-corrected chi connectivity index (χ1v) is 13.3. The molecule has 0 fully saturated rings. The lowest BCUT2D eigenvalue weighted by molar-refractivity contribution is -0.115. The van der Waals surface area contributed by atoms with Crippen molar-refractivity contribution in [1.82, 2.24) is 0 Å². The van der Waals surface area contributed by atoms with E-state index in [1.165, 1.54) is 17.8 Å². The van der Waals surface area contributed by atoms with Crippen molar-refractivity contribution in [2.45, 2.75) is 23.5 Å². The minimum atomic E-state index is -1.10. The summed E-state index contributed by atoms with van der Waals surface area (Å²) >= 11 is 1.39. The van der Waals surface area contributed by atoms with Crippen LogP contribution in [0.3, 0.4) is 0 Å². The number of thioether (sulfide) groups is 1. The zero-order chi connectivity index (χ0) is 27.4. The summed E-state index contributed by atoms with van der Waals surface area (Å²) in [7, 11) is 0. The van der Waals surface area contributed by atoms with E-state index in [2.05, 4.69) is 10.6 Å². The Morgan fingerprint density at radius 2 is 1.54 bits per heavy atom. The summed E-state index contributed by atoms with van der Waals surface area (Å²) < 4.78 is 11.1. The molecule has 0 saturated carbocycles. The van der Waals surface area contributed by atoms with E-state index >= 15 is 0 Å². The van der Waals surface area contributed by atoms with E-state index in [0.29, 0.717) is 53.3 Å². The van der Waals surface area contributed by atoms with Gasteiger partial charge in [0.15, 0.2) is 11.5 Å². The molecular formula is C30H26N2O6S. The van der Waals surface area contributed by atoms with Crippen LogP contribution in [0.4, 0.5) is 11.4 Å². The van der Waals surface area contributed by atoms with E-state index in [0.717, 1.165) is 4.90 Å². The van der Waals surface area contributed by atoms with Crippen molar-refractivity contribution in [3.8, 4) is 11.5 Å². The summed E-state index contributed by atoms with van der Waals surface area (Å²) in [6, 6.07) is 22.6. The molecule has 0 aromatic heterocycles. The van der Waals surface area contributed by atoms with Crippen LogP contribution in [0.15, 0.2) is 83.8 Å². The van der Waals surface area contributed by atoms with Gasteiger partial charge < -0.3 is 25.2 Å². The van der Waals surface area contributed by atoms with Crippen LogP contribution in [-0.4, -0.2) is 41.4 Å². The van der Waals surface area contributed by atoms with Crippen molar-refractivity contribution < 1.29 is 29.0 Å². The quantitative estimate of drug-likeness (QED) is 0.232. The van der Waals surface area contributed by atoms with Gasteiger partial charge in [-0.3, -0.25) is 9.59 Å². The average molecular weight is 543 g/mol. The Labute approximate surface area is 229 Å². The summed E-state index contributed by atoms with van der Waals surface area (Å²) in [6.07, 6.45) is 0.589. The van der Waals surface area contributed by atoms with Crippen LogP contribution in [0, 0.1) is 0 Å². The number of fused-ring (bicyclic) bond motifs is 2. The second kappa shape index (κ2) is 11.5. The van der Waals surface area contributed by atoms with Gasteiger partial charge in [-0.1, -0.05) is 37.3 Å². The van der Waals surface area contributed by atoms with Gasteiger partial charge in [0.25, 0.3) is 5.91 Å². The number of anilines is 2. The number of carbonyl (C=O) groups is 3. The van der Waals surface area contributed by atoms with Crippen LogP contribution in [0.5, 0.6) is 11.5 Å². The van der Waals surface area contributed by atoms with E-state index < -0.39 is 11.9 Å². The minimum absolute atomic E-state index is 0.0670. The molecule has 0 radical (unpaired) electrons. The van der Waals surface area contributed by atoms with E-state index in [-0.39, 0.29) is 22.3 Å². The maximum atomic E-state index is 13.2. The number of amides is 2. The van der Waals surface area contributed by atoms with Crippen LogP contribution in [0.25, 0.3) is 10.8 Å². The third kappa shape index (κ3) is 5.83. The molecule has 4 aromatic rings. The highest BCUT2D eigenvalue weighted by molar-refractivity contribution is 8.00. The molecule has 39 heavy (non-hydrogen) atoms. The molecule has 0 saturated heterocycles. The summed E-state index contributed by atoms with van der Waals surface area (Å²) in [4.78, 5) is 38.9. The number of carbonyl (C=O) groups excluding carboxylic acids is 2. The molecule has 5 rings (SSSR count). The lowest BCUT2D eigenvalue weighted by atomic mass is 9.98. The molecule has 4 aromatic carbocycles. The Morgan fingerprint density at radius 1 is 0.846 bits per heavy atom. The highest BCUT2D eigenvalue weighted by atomic mass is 32.2. The van der Waals surface area contributed by atoms with Crippen molar-refractivity contribution in [1.29, 1.82) is 0 Å². The number of hydrogen-bond acceptors (Lipinski definition) is 6. The fraction of sp³-hybridized carbons (Fsp3) is 0.167. The summed E-state index contributed by atoms with van der Waals surface area (Å²) in [6.45, 7) is 2.90. The molecule has 3 N–H and O–H groups in total. The molecule has 1 heterocycles. The van der Waals surface area contributed by atoms with Gasteiger partial charge >= 0.3 is 5.97 Å². The highest BCUT2D eigenvalue weighted by Gasteiger charge is 2.21. The Hall–Kier alpha value is -4.50. The number of hydrogen-bond donors (Lipinski definition) is 3. The number of ether oxygens (including phenoxy) is 2. The Kier molecular flexibility index (Phi) is 7.69. The van der Waals surface area contributed by atoms with Crippen molar-refractivity contribution in [3.05, 3.63) is 90.0 Å². The van der Waals surface area contributed by atoms with Gasteiger partial charge in [-0.15, -0.1) is 11.8 Å². The molecule has 0 spiro atoms. The maximum Gasteiger partial charge on any atom is 0.336 e. The minimum Gasteiger partial charge on any atom is -0.486 e. The van der Waals surface area contributed by atoms with Gasteiger partial charge in [-0.05, 0) is 54.3 Å². The Bertz CT molecular complexity index is 1570. The summed E-state index contributed by atoms with van der Waals surface area (Å²) in [5, 5.41) is 16.1. The molecule has 0 aliphatic carbocycles. The predicted octanol–water partition coefficient (Wildman–Crippen LogP) is 6.07. The summed E-state index contributed by atoms with van der Waals surface area (Å²) in [5.41, 5.74) is 1.50. The van der Waals surface area contributed by atoms with E-state index in [1.807, 2.05) is 13.0 Å². The van der Waals surface area contributed by atoms with Gasteiger partial charge in [-0.25, -0.2) is 4.79 Å². The molecule has 2 amide bonds. The first-order chi connectivity index (χ1) is 18.9. The van der Waals surface area contributed by atoms with Crippen LogP contribution in [0.1, 0.15) is 34.1 Å². The number of benzene rings is 4.